The molecule has 2 aromatic rings. The molecule has 0 spiro atoms. The molecule has 1 amide bonds. The summed E-state index contributed by atoms with van der Waals surface area (Å²) in [6.07, 6.45) is 0. The van der Waals surface area contributed by atoms with Crippen LogP contribution in [0.25, 0.3) is 0 Å². The first kappa shape index (κ1) is 21.3. The zero-order chi connectivity index (χ0) is 20.4. The SMILES string of the molecule is COc1cc(OC)cc(C(=O)NNS(=O)(=O)c2c(C)c(Cl)cc(C)c2Cl)c1. The van der Waals surface area contributed by atoms with Crippen LogP contribution in [0.2, 0.25) is 10.0 Å². The van der Waals surface area contributed by atoms with Crippen LogP contribution in [-0.4, -0.2) is 28.5 Å². The Kier molecular flexibility index (Phi) is 6.59. The fourth-order valence-electron chi connectivity index (χ4n) is 2.31. The monoisotopic (exact) mass is 432 g/mol. The van der Waals surface area contributed by atoms with Crippen LogP contribution in [0.15, 0.2) is 29.2 Å². The molecule has 0 aliphatic rings. The lowest BCUT2D eigenvalue weighted by atomic mass is 10.2. The van der Waals surface area contributed by atoms with Crippen LogP contribution in [0, 0.1) is 13.8 Å². The van der Waals surface area contributed by atoms with Gasteiger partial charge in [-0.25, -0.2) is 8.42 Å². The predicted octanol–water partition coefficient (Wildman–Crippen LogP) is 3.25. The minimum absolute atomic E-state index is 0.0294. The summed E-state index contributed by atoms with van der Waals surface area (Å²) in [4.78, 5) is 14.2. The molecule has 2 aromatic carbocycles. The van der Waals surface area contributed by atoms with Crippen molar-refractivity contribution in [1.29, 1.82) is 0 Å². The van der Waals surface area contributed by atoms with Crippen molar-refractivity contribution in [2.24, 2.45) is 0 Å². The molecule has 2 N–H and O–H groups in total. The highest BCUT2D eigenvalue weighted by atomic mass is 35.5. The Morgan fingerprint density at radius 2 is 1.56 bits per heavy atom. The van der Waals surface area contributed by atoms with Crippen LogP contribution >= 0.6 is 23.2 Å². The van der Waals surface area contributed by atoms with E-state index in [-0.39, 0.29) is 26.1 Å². The Labute approximate surface area is 167 Å². The zero-order valence-corrected chi connectivity index (χ0v) is 17.3. The average molecular weight is 433 g/mol. The number of methoxy groups -OCH3 is 2. The fourth-order valence-corrected chi connectivity index (χ4v) is 4.36. The number of hydrogen-bond acceptors (Lipinski definition) is 5. The first-order chi connectivity index (χ1) is 12.6. The van der Waals surface area contributed by atoms with Crippen molar-refractivity contribution in [2.75, 3.05) is 14.2 Å². The van der Waals surface area contributed by atoms with Crippen LogP contribution < -0.4 is 19.7 Å². The van der Waals surface area contributed by atoms with E-state index in [2.05, 4.69) is 5.43 Å². The number of rotatable bonds is 6. The van der Waals surface area contributed by atoms with Gasteiger partial charge in [-0.3, -0.25) is 10.2 Å². The minimum Gasteiger partial charge on any atom is -0.497 e. The van der Waals surface area contributed by atoms with Gasteiger partial charge in [0.2, 0.25) is 0 Å². The third-order valence-electron chi connectivity index (χ3n) is 3.77. The highest BCUT2D eigenvalue weighted by Gasteiger charge is 2.24. The maximum absolute atomic E-state index is 12.6. The highest BCUT2D eigenvalue weighted by Crippen LogP contribution is 2.33. The molecule has 0 atom stereocenters. The smallest absolute Gasteiger partial charge is 0.266 e. The second-order valence-corrected chi connectivity index (χ2v) is 8.01. The molecule has 0 saturated carbocycles. The maximum atomic E-state index is 12.6. The number of hydrogen-bond donors (Lipinski definition) is 2. The maximum Gasteiger partial charge on any atom is 0.266 e. The summed E-state index contributed by atoms with van der Waals surface area (Å²) in [5, 5.41) is 0.280. The van der Waals surface area contributed by atoms with E-state index in [9.17, 15) is 13.2 Å². The number of amides is 1. The van der Waals surface area contributed by atoms with Gasteiger partial charge in [-0.2, -0.15) is 0 Å². The number of halogens is 2. The molecule has 0 heterocycles. The van der Waals surface area contributed by atoms with Gasteiger partial charge in [0.1, 0.15) is 16.4 Å². The van der Waals surface area contributed by atoms with E-state index in [0.29, 0.717) is 17.1 Å². The summed E-state index contributed by atoms with van der Waals surface area (Å²) >= 11 is 12.2. The summed E-state index contributed by atoms with van der Waals surface area (Å²) in [6, 6.07) is 6.03. The van der Waals surface area contributed by atoms with Gasteiger partial charge in [0.05, 0.1) is 19.2 Å². The lowest BCUT2D eigenvalue weighted by Gasteiger charge is -2.15. The first-order valence-corrected chi connectivity index (χ1v) is 9.85. The van der Waals surface area contributed by atoms with Gasteiger partial charge in [0.25, 0.3) is 15.9 Å². The molecule has 0 aliphatic carbocycles. The van der Waals surface area contributed by atoms with Crippen LogP contribution in [0.1, 0.15) is 21.5 Å². The van der Waals surface area contributed by atoms with E-state index < -0.39 is 15.9 Å². The number of sulfonamides is 1. The number of benzene rings is 2. The van der Waals surface area contributed by atoms with Gasteiger partial charge in [-0.15, -0.1) is 4.83 Å². The van der Waals surface area contributed by atoms with Crippen molar-refractivity contribution in [1.82, 2.24) is 10.3 Å². The highest BCUT2D eigenvalue weighted by molar-refractivity contribution is 7.89. The van der Waals surface area contributed by atoms with Gasteiger partial charge >= 0.3 is 0 Å². The molecule has 0 aromatic heterocycles. The Morgan fingerprint density at radius 3 is 2.07 bits per heavy atom. The van der Waals surface area contributed by atoms with Crippen molar-refractivity contribution in [3.8, 4) is 11.5 Å². The Balaban J connectivity index is 2.30. The van der Waals surface area contributed by atoms with Crippen molar-refractivity contribution in [3.05, 3.63) is 51.0 Å². The third-order valence-corrected chi connectivity index (χ3v) is 6.18. The van der Waals surface area contributed by atoms with Gasteiger partial charge < -0.3 is 9.47 Å². The summed E-state index contributed by atoms with van der Waals surface area (Å²) < 4.78 is 35.5. The van der Waals surface area contributed by atoms with Gasteiger partial charge in [-0.05, 0) is 43.2 Å². The molecule has 0 bridgehead atoms. The van der Waals surface area contributed by atoms with E-state index >= 15 is 0 Å². The Morgan fingerprint density at radius 1 is 1.00 bits per heavy atom. The molecule has 0 fully saturated rings. The van der Waals surface area contributed by atoms with Crippen molar-refractivity contribution in [2.45, 2.75) is 18.7 Å². The minimum atomic E-state index is -4.16. The zero-order valence-electron chi connectivity index (χ0n) is 15.0. The number of hydrazine groups is 1. The molecule has 0 saturated heterocycles. The summed E-state index contributed by atoms with van der Waals surface area (Å²) in [7, 11) is -1.29. The Hall–Kier alpha value is -2.00. The molecule has 10 heteroatoms. The van der Waals surface area contributed by atoms with Crippen LogP contribution in [-0.2, 0) is 10.0 Å². The molecule has 7 nitrogen and oxygen atoms in total. The molecule has 146 valence electrons. The molecule has 0 unspecified atom stereocenters. The summed E-state index contributed by atoms with van der Waals surface area (Å²) in [6.45, 7) is 3.16. The number of aryl methyl sites for hydroxylation is 1. The third kappa shape index (κ3) is 4.65. The van der Waals surface area contributed by atoms with Gasteiger partial charge in [-0.1, -0.05) is 23.2 Å². The van der Waals surface area contributed by atoms with Crippen LogP contribution in [0.5, 0.6) is 11.5 Å². The van der Waals surface area contributed by atoms with Crippen LogP contribution in [0.4, 0.5) is 0 Å². The topological polar surface area (TPSA) is 93.7 Å². The predicted molar refractivity (Wildman–Crippen MR) is 103 cm³/mol. The van der Waals surface area contributed by atoms with E-state index in [1.807, 2.05) is 4.83 Å². The average Bonchev–Trinajstić information content (AvgIpc) is 2.64. The Bertz CT molecular complexity index is 945. The number of carbonyl (C=O) groups is 1. The van der Waals surface area contributed by atoms with E-state index in [1.54, 1.807) is 19.1 Å². The molecule has 0 aliphatic heterocycles. The summed E-state index contributed by atoms with van der Waals surface area (Å²) in [5.41, 5.74) is 3.05. The number of ether oxygens (including phenoxy) is 2. The standard InChI is InChI=1S/C17H18Cl2N2O5S/c1-9-5-14(18)10(2)16(15(9)19)27(23,24)21-20-17(22)11-6-12(25-3)8-13(7-11)26-4/h5-8,21H,1-4H3,(H,20,22). The molecule has 27 heavy (non-hydrogen) atoms. The molecule has 0 radical (unpaired) electrons. The number of carbonyl (C=O) groups excluding carboxylic acids is 1. The van der Waals surface area contributed by atoms with Crippen molar-refractivity contribution < 1.29 is 22.7 Å². The van der Waals surface area contributed by atoms with Crippen molar-refractivity contribution in [3.63, 3.8) is 0 Å². The van der Waals surface area contributed by atoms with Crippen LogP contribution in [0.3, 0.4) is 0 Å². The molecule has 2 rings (SSSR count). The van der Waals surface area contributed by atoms with Gasteiger partial charge in [0, 0.05) is 16.7 Å². The quantitative estimate of drug-likeness (QED) is 0.683. The first-order valence-electron chi connectivity index (χ1n) is 7.61. The lowest BCUT2D eigenvalue weighted by molar-refractivity contribution is 0.0944. The van der Waals surface area contributed by atoms with E-state index in [1.165, 1.54) is 33.3 Å². The number of nitrogens with one attached hydrogen (secondary N) is 2. The van der Waals surface area contributed by atoms with Crippen molar-refractivity contribution >= 4 is 39.1 Å². The van der Waals surface area contributed by atoms with Gasteiger partial charge in [0.15, 0.2) is 0 Å². The van der Waals surface area contributed by atoms with E-state index in [4.69, 9.17) is 32.7 Å². The molecular formula is C17H18Cl2N2O5S. The second-order valence-electron chi connectivity index (χ2n) is 5.60. The molecular weight excluding hydrogens is 415 g/mol. The lowest BCUT2D eigenvalue weighted by Crippen LogP contribution is -2.42. The largest absolute Gasteiger partial charge is 0.497 e. The summed E-state index contributed by atoms with van der Waals surface area (Å²) in [5.74, 6) is 0.0572. The normalized spacial score (nSPS) is 11.2. The second kappa shape index (κ2) is 8.35. The fraction of sp³-hybridized carbons (Fsp3) is 0.235. The van der Waals surface area contributed by atoms with E-state index in [0.717, 1.165) is 0 Å².